The van der Waals surface area contributed by atoms with Crippen LogP contribution in [0.3, 0.4) is 0 Å². The maximum absolute atomic E-state index is 12.4. The highest BCUT2D eigenvalue weighted by atomic mass is 32.2. The number of aromatic nitrogens is 2. The van der Waals surface area contributed by atoms with Crippen LogP contribution in [0.1, 0.15) is 34.1 Å². The first-order valence-corrected chi connectivity index (χ1v) is 8.13. The molecular weight excluding hydrogens is 276 g/mol. The lowest BCUT2D eigenvalue weighted by atomic mass is 9.97. The van der Waals surface area contributed by atoms with E-state index in [0.717, 1.165) is 13.0 Å². The van der Waals surface area contributed by atoms with Crippen molar-refractivity contribution in [2.75, 3.05) is 25.5 Å². The SMILES string of the molecule is CCCNc1ncc(S(=O)(=O)N(C)CC(C)(C)C)cn1. The van der Waals surface area contributed by atoms with Crippen LogP contribution in [0.2, 0.25) is 0 Å². The molecule has 0 radical (unpaired) electrons. The molecular formula is C13H24N4O2S. The second-order valence-corrected chi connectivity index (χ2v) is 8.04. The van der Waals surface area contributed by atoms with Crippen LogP contribution in [-0.4, -0.2) is 42.8 Å². The standard InChI is InChI=1S/C13H24N4O2S/c1-6-7-14-12-15-8-11(9-16-12)20(18,19)17(5)10-13(2,3)4/h8-9H,6-7,10H2,1-5H3,(H,14,15,16). The third-order valence-electron chi connectivity index (χ3n) is 2.57. The first-order chi connectivity index (χ1) is 9.16. The van der Waals surface area contributed by atoms with Crippen molar-refractivity contribution >= 4 is 16.0 Å². The fourth-order valence-corrected chi connectivity index (χ4v) is 3.00. The van der Waals surface area contributed by atoms with Gasteiger partial charge >= 0.3 is 0 Å². The lowest BCUT2D eigenvalue weighted by molar-refractivity contribution is 0.310. The van der Waals surface area contributed by atoms with E-state index in [-0.39, 0.29) is 10.3 Å². The summed E-state index contributed by atoms with van der Waals surface area (Å²) in [5.41, 5.74) is -0.106. The number of hydrogen-bond donors (Lipinski definition) is 1. The van der Waals surface area contributed by atoms with Crippen molar-refractivity contribution in [2.24, 2.45) is 5.41 Å². The predicted molar refractivity (Wildman–Crippen MR) is 80.1 cm³/mol. The lowest BCUT2D eigenvalue weighted by Crippen LogP contribution is -2.34. The Kier molecular flexibility index (Phi) is 5.47. The van der Waals surface area contributed by atoms with E-state index >= 15 is 0 Å². The molecule has 0 aliphatic heterocycles. The van der Waals surface area contributed by atoms with Gasteiger partial charge in [0.2, 0.25) is 16.0 Å². The third-order valence-corrected chi connectivity index (χ3v) is 4.32. The highest BCUT2D eigenvalue weighted by Crippen LogP contribution is 2.20. The molecule has 20 heavy (non-hydrogen) atoms. The van der Waals surface area contributed by atoms with Crippen molar-refractivity contribution in [3.05, 3.63) is 12.4 Å². The number of rotatable bonds is 6. The van der Waals surface area contributed by atoms with E-state index in [9.17, 15) is 8.42 Å². The molecule has 0 fully saturated rings. The van der Waals surface area contributed by atoms with Crippen LogP contribution in [0, 0.1) is 5.41 Å². The molecule has 0 saturated carbocycles. The van der Waals surface area contributed by atoms with Crippen LogP contribution in [0.25, 0.3) is 0 Å². The van der Waals surface area contributed by atoms with Crippen LogP contribution in [0.15, 0.2) is 17.3 Å². The second kappa shape index (κ2) is 6.49. The van der Waals surface area contributed by atoms with Crippen molar-refractivity contribution < 1.29 is 8.42 Å². The van der Waals surface area contributed by atoms with Gasteiger partial charge in [-0.1, -0.05) is 27.7 Å². The van der Waals surface area contributed by atoms with Gasteiger partial charge in [0.05, 0.1) is 12.4 Å². The number of nitrogens with one attached hydrogen (secondary N) is 1. The Bertz CT molecular complexity index is 520. The number of anilines is 1. The van der Waals surface area contributed by atoms with Gasteiger partial charge in [-0.15, -0.1) is 0 Å². The molecule has 0 saturated heterocycles. The molecule has 1 heterocycles. The van der Waals surface area contributed by atoms with Gasteiger partial charge in [-0.2, -0.15) is 0 Å². The fraction of sp³-hybridized carbons (Fsp3) is 0.692. The summed E-state index contributed by atoms with van der Waals surface area (Å²) in [7, 11) is -1.96. The molecule has 0 aliphatic rings. The first-order valence-electron chi connectivity index (χ1n) is 6.69. The molecule has 6 nitrogen and oxygen atoms in total. The summed E-state index contributed by atoms with van der Waals surface area (Å²) in [6.07, 6.45) is 3.65. The molecule has 1 aromatic rings. The molecule has 0 spiro atoms. The van der Waals surface area contributed by atoms with Crippen LogP contribution < -0.4 is 5.32 Å². The van der Waals surface area contributed by atoms with E-state index in [1.165, 1.54) is 16.7 Å². The van der Waals surface area contributed by atoms with E-state index in [4.69, 9.17) is 0 Å². The Labute approximate surface area is 121 Å². The molecule has 7 heteroatoms. The topological polar surface area (TPSA) is 75.2 Å². The third kappa shape index (κ3) is 4.72. The maximum atomic E-state index is 12.4. The van der Waals surface area contributed by atoms with E-state index in [1.807, 2.05) is 27.7 Å². The lowest BCUT2D eigenvalue weighted by Gasteiger charge is -2.25. The zero-order valence-corrected chi connectivity index (χ0v) is 13.7. The van der Waals surface area contributed by atoms with Crippen LogP contribution in [-0.2, 0) is 10.0 Å². The van der Waals surface area contributed by atoms with Crippen molar-refractivity contribution in [1.29, 1.82) is 0 Å². The van der Waals surface area contributed by atoms with Crippen molar-refractivity contribution in [3.63, 3.8) is 0 Å². The number of sulfonamides is 1. The molecule has 1 aromatic heterocycles. The molecule has 0 unspecified atom stereocenters. The summed E-state index contributed by atoms with van der Waals surface area (Å²) in [4.78, 5) is 8.18. The van der Waals surface area contributed by atoms with E-state index < -0.39 is 10.0 Å². The highest BCUT2D eigenvalue weighted by Gasteiger charge is 2.25. The normalized spacial score (nSPS) is 12.7. The quantitative estimate of drug-likeness (QED) is 0.869. The first kappa shape index (κ1) is 16.8. The number of nitrogens with zero attached hydrogens (tertiary/aromatic N) is 3. The Morgan fingerprint density at radius 3 is 2.25 bits per heavy atom. The van der Waals surface area contributed by atoms with Crippen molar-refractivity contribution in [1.82, 2.24) is 14.3 Å². The Hall–Kier alpha value is -1.21. The van der Waals surface area contributed by atoms with E-state index in [1.54, 1.807) is 7.05 Å². The molecule has 0 atom stereocenters. The Balaban J connectivity index is 2.87. The summed E-state index contributed by atoms with van der Waals surface area (Å²) < 4.78 is 26.1. The van der Waals surface area contributed by atoms with Gasteiger partial charge in [0.1, 0.15) is 4.90 Å². The molecule has 1 N–H and O–H groups in total. The molecule has 1 rings (SSSR count). The summed E-state index contributed by atoms with van der Waals surface area (Å²) >= 11 is 0. The predicted octanol–water partition coefficient (Wildman–Crippen LogP) is 1.97. The van der Waals surface area contributed by atoms with Crippen LogP contribution in [0.4, 0.5) is 5.95 Å². The van der Waals surface area contributed by atoms with Gasteiger partial charge in [-0.25, -0.2) is 22.7 Å². The monoisotopic (exact) mass is 300 g/mol. The minimum absolute atomic E-state index is 0.106. The fourth-order valence-electron chi connectivity index (χ4n) is 1.71. The summed E-state index contributed by atoms with van der Waals surface area (Å²) in [5.74, 6) is 0.448. The smallest absolute Gasteiger partial charge is 0.245 e. The van der Waals surface area contributed by atoms with Gasteiger partial charge in [0, 0.05) is 20.1 Å². The van der Waals surface area contributed by atoms with Crippen LogP contribution in [0.5, 0.6) is 0 Å². The zero-order valence-electron chi connectivity index (χ0n) is 12.8. The van der Waals surface area contributed by atoms with Gasteiger partial charge in [-0.05, 0) is 11.8 Å². The van der Waals surface area contributed by atoms with Gasteiger partial charge in [0.25, 0.3) is 0 Å². The molecule has 0 bridgehead atoms. The second-order valence-electron chi connectivity index (χ2n) is 5.99. The maximum Gasteiger partial charge on any atom is 0.245 e. The summed E-state index contributed by atoms with van der Waals surface area (Å²) in [5, 5.41) is 3.01. The van der Waals surface area contributed by atoms with Gasteiger partial charge < -0.3 is 5.32 Å². The molecule has 114 valence electrons. The average Bonchev–Trinajstić information content (AvgIpc) is 2.34. The summed E-state index contributed by atoms with van der Waals surface area (Å²) in [6, 6.07) is 0. The molecule has 0 amide bonds. The Morgan fingerprint density at radius 2 is 1.80 bits per heavy atom. The minimum Gasteiger partial charge on any atom is -0.354 e. The van der Waals surface area contributed by atoms with Gasteiger partial charge in [0.15, 0.2) is 0 Å². The van der Waals surface area contributed by atoms with Gasteiger partial charge in [-0.3, -0.25) is 0 Å². The minimum atomic E-state index is -3.53. The van der Waals surface area contributed by atoms with Crippen LogP contribution >= 0.6 is 0 Å². The van der Waals surface area contributed by atoms with Crippen molar-refractivity contribution in [2.45, 2.75) is 39.0 Å². The largest absolute Gasteiger partial charge is 0.354 e. The number of hydrogen-bond acceptors (Lipinski definition) is 5. The van der Waals surface area contributed by atoms with E-state index in [2.05, 4.69) is 15.3 Å². The average molecular weight is 300 g/mol. The zero-order chi connectivity index (χ0) is 15.4. The van der Waals surface area contributed by atoms with Crippen molar-refractivity contribution in [3.8, 4) is 0 Å². The molecule has 0 aromatic carbocycles. The summed E-state index contributed by atoms with van der Waals surface area (Å²) in [6.45, 7) is 9.21. The Morgan fingerprint density at radius 1 is 1.25 bits per heavy atom. The highest BCUT2D eigenvalue weighted by molar-refractivity contribution is 7.89. The van der Waals surface area contributed by atoms with E-state index in [0.29, 0.717) is 12.5 Å². The molecule has 0 aliphatic carbocycles.